The van der Waals surface area contributed by atoms with Gasteiger partial charge in [-0.3, -0.25) is 14.6 Å². The number of pyridine rings is 1. The molecule has 1 unspecified atom stereocenters. The molecule has 0 spiro atoms. The zero-order valence-corrected chi connectivity index (χ0v) is 17.6. The van der Waals surface area contributed by atoms with Gasteiger partial charge in [0.15, 0.2) is 0 Å². The van der Waals surface area contributed by atoms with E-state index in [9.17, 15) is 9.59 Å². The highest BCUT2D eigenvalue weighted by molar-refractivity contribution is 5.94. The van der Waals surface area contributed by atoms with Crippen molar-refractivity contribution in [2.24, 2.45) is 0 Å². The van der Waals surface area contributed by atoms with Crippen LogP contribution in [0, 0.1) is 6.92 Å². The number of rotatable bonds is 5. The second-order valence-electron chi connectivity index (χ2n) is 7.77. The van der Waals surface area contributed by atoms with Gasteiger partial charge in [-0.25, -0.2) is 0 Å². The van der Waals surface area contributed by atoms with Crippen LogP contribution in [-0.4, -0.2) is 29.9 Å². The van der Waals surface area contributed by atoms with E-state index in [1.165, 1.54) is 11.1 Å². The van der Waals surface area contributed by atoms with Crippen LogP contribution in [0.3, 0.4) is 0 Å². The number of nitrogens with one attached hydrogen (secondary N) is 2. The number of aromatic nitrogens is 1. The van der Waals surface area contributed by atoms with Crippen LogP contribution in [0.2, 0.25) is 0 Å². The molecule has 1 heterocycles. The van der Waals surface area contributed by atoms with Crippen LogP contribution in [0.1, 0.15) is 44.0 Å². The molecule has 158 valence electrons. The molecule has 1 aromatic heterocycles. The van der Waals surface area contributed by atoms with Gasteiger partial charge in [-0.2, -0.15) is 0 Å². The first-order chi connectivity index (χ1) is 15.0. The lowest BCUT2D eigenvalue weighted by molar-refractivity contribution is 0.0931. The standard InChI is InChI=1S/C25H25N3O3/c1-16-4-3-5-18(12-16)24(29)28-20-8-6-17-7-9-21(14-19(17)13-20)31-22-10-11-27-23(15-22)25(30)26-2/h3-5,7,9-12,14-15,20H,6,8,13H2,1-2H3,(H,26,30)(H,28,29). The Morgan fingerprint density at radius 2 is 1.84 bits per heavy atom. The third kappa shape index (κ3) is 4.91. The summed E-state index contributed by atoms with van der Waals surface area (Å²) < 4.78 is 5.97. The van der Waals surface area contributed by atoms with E-state index < -0.39 is 0 Å². The summed E-state index contributed by atoms with van der Waals surface area (Å²) in [5.74, 6) is 0.943. The molecule has 0 fully saturated rings. The molecule has 1 aliphatic carbocycles. The van der Waals surface area contributed by atoms with Crippen molar-refractivity contribution in [1.29, 1.82) is 0 Å². The maximum Gasteiger partial charge on any atom is 0.269 e. The predicted molar refractivity (Wildman–Crippen MR) is 119 cm³/mol. The molecule has 2 amide bonds. The Morgan fingerprint density at radius 1 is 1.00 bits per heavy atom. The van der Waals surface area contributed by atoms with Crippen LogP contribution in [0.4, 0.5) is 0 Å². The van der Waals surface area contributed by atoms with Gasteiger partial charge in [0.25, 0.3) is 11.8 Å². The third-order valence-corrected chi connectivity index (χ3v) is 5.45. The van der Waals surface area contributed by atoms with E-state index in [1.54, 1.807) is 25.4 Å². The summed E-state index contributed by atoms with van der Waals surface area (Å²) in [5, 5.41) is 5.72. The Kier molecular flexibility index (Phi) is 5.98. The summed E-state index contributed by atoms with van der Waals surface area (Å²) >= 11 is 0. The van der Waals surface area contributed by atoms with Crippen LogP contribution >= 0.6 is 0 Å². The van der Waals surface area contributed by atoms with Crippen LogP contribution in [0.5, 0.6) is 11.5 Å². The molecule has 4 rings (SSSR count). The number of fused-ring (bicyclic) bond motifs is 1. The van der Waals surface area contributed by atoms with E-state index in [2.05, 4.69) is 21.7 Å². The van der Waals surface area contributed by atoms with Gasteiger partial charge in [0.2, 0.25) is 0 Å². The summed E-state index contributed by atoms with van der Waals surface area (Å²) in [6, 6.07) is 17.1. The van der Waals surface area contributed by atoms with Gasteiger partial charge in [-0.15, -0.1) is 0 Å². The normalized spacial score (nSPS) is 15.0. The lowest BCUT2D eigenvalue weighted by Gasteiger charge is -2.26. The highest BCUT2D eigenvalue weighted by Crippen LogP contribution is 2.29. The van der Waals surface area contributed by atoms with Crippen molar-refractivity contribution in [2.75, 3.05) is 7.05 Å². The minimum absolute atomic E-state index is 0.0388. The monoisotopic (exact) mass is 415 g/mol. The molecule has 0 saturated heterocycles. The van der Waals surface area contributed by atoms with Gasteiger partial charge in [0, 0.05) is 30.9 Å². The lowest BCUT2D eigenvalue weighted by Crippen LogP contribution is -2.38. The first-order valence-electron chi connectivity index (χ1n) is 10.4. The number of carbonyl (C=O) groups excluding carboxylic acids is 2. The molecule has 1 atom stereocenters. The molecule has 1 aliphatic rings. The zero-order valence-electron chi connectivity index (χ0n) is 17.6. The number of carbonyl (C=O) groups is 2. The Labute approximate surface area is 181 Å². The summed E-state index contributed by atoms with van der Waals surface area (Å²) in [7, 11) is 1.56. The van der Waals surface area contributed by atoms with Crippen molar-refractivity contribution >= 4 is 11.8 Å². The SMILES string of the molecule is CNC(=O)c1cc(Oc2ccc3c(c2)CC(NC(=O)c2cccc(C)c2)CC3)ccn1. The molecule has 6 heteroatoms. The van der Waals surface area contributed by atoms with Gasteiger partial charge in [-0.1, -0.05) is 23.8 Å². The summed E-state index contributed by atoms with van der Waals surface area (Å²) in [4.78, 5) is 28.5. The van der Waals surface area contributed by atoms with Gasteiger partial charge >= 0.3 is 0 Å². The van der Waals surface area contributed by atoms with Crippen LogP contribution < -0.4 is 15.4 Å². The minimum Gasteiger partial charge on any atom is -0.457 e. The average molecular weight is 415 g/mol. The fourth-order valence-corrected chi connectivity index (χ4v) is 3.84. The average Bonchev–Trinajstić information content (AvgIpc) is 2.78. The number of hydrogen-bond acceptors (Lipinski definition) is 4. The Bertz CT molecular complexity index is 1130. The highest BCUT2D eigenvalue weighted by Gasteiger charge is 2.21. The molecule has 0 saturated carbocycles. The molecular formula is C25H25N3O3. The topological polar surface area (TPSA) is 80.3 Å². The van der Waals surface area contributed by atoms with Gasteiger partial charge in [0.05, 0.1) is 0 Å². The quantitative estimate of drug-likeness (QED) is 0.664. The second-order valence-corrected chi connectivity index (χ2v) is 7.77. The number of nitrogens with zero attached hydrogens (tertiary/aromatic N) is 1. The molecule has 0 aliphatic heterocycles. The van der Waals surface area contributed by atoms with Crippen molar-refractivity contribution in [2.45, 2.75) is 32.2 Å². The Morgan fingerprint density at radius 3 is 2.65 bits per heavy atom. The van der Waals surface area contributed by atoms with E-state index in [0.29, 0.717) is 22.8 Å². The molecule has 3 aromatic rings. The van der Waals surface area contributed by atoms with Crippen LogP contribution in [0.25, 0.3) is 0 Å². The number of aryl methyl sites for hydroxylation is 2. The molecule has 0 bridgehead atoms. The highest BCUT2D eigenvalue weighted by atomic mass is 16.5. The third-order valence-electron chi connectivity index (χ3n) is 5.45. The molecule has 6 nitrogen and oxygen atoms in total. The lowest BCUT2D eigenvalue weighted by atomic mass is 9.88. The fourth-order valence-electron chi connectivity index (χ4n) is 3.84. The number of benzene rings is 2. The first kappa shape index (κ1) is 20.6. The Hall–Kier alpha value is -3.67. The number of hydrogen-bond donors (Lipinski definition) is 2. The van der Waals surface area contributed by atoms with Gasteiger partial charge in [0.1, 0.15) is 17.2 Å². The number of ether oxygens (including phenoxy) is 1. The maximum atomic E-state index is 12.6. The summed E-state index contributed by atoms with van der Waals surface area (Å²) in [6.45, 7) is 1.98. The summed E-state index contributed by atoms with van der Waals surface area (Å²) in [6.07, 6.45) is 4.12. The maximum absolute atomic E-state index is 12.6. The second kappa shape index (κ2) is 9.00. The molecule has 2 aromatic carbocycles. The van der Waals surface area contributed by atoms with Crippen LogP contribution in [0.15, 0.2) is 60.8 Å². The van der Waals surface area contributed by atoms with Crippen molar-refractivity contribution in [3.63, 3.8) is 0 Å². The number of amides is 2. The van der Waals surface area contributed by atoms with Crippen molar-refractivity contribution in [3.8, 4) is 11.5 Å². The van der Waals surface area contributed by atoms with Crippen LogP contribution in [-0.2, 0) is 12.8 Å². The molecular weight excluding hydrogens is 390 g/mol. The largest absolute Gasteiger partial charge is 0.457 e. The summed E-state index contributed by atoms with van der Waals surface area (Å²) in [5.41, 5.74) is 4.50. The van der Waals surface area contributed by atoms with E-state index in [1.807, 2.05) is 43.3 Å². The minimum atomic E-state index is -0.261. The molecule has 2 N–H and O–H groups in total. The fraction of sp³-hybridized carbons (Fsp3) is 0.240. The zero-order chi connectivity index (χ0) is 21.8. The molecule has 31 heavy (non-hydrogen) atoms. The van der Waals surface area contributed by atoms with Gasteiger partial charge < -0.3 is 15.4 Å². The van der Waals surface area contributed by atoms with Crippen molar-refractivity contribution < 1.29 is 14.3 Å². The van der Waals surface area contributed by atoms with E-state index >= 15 is 0 Å². The van der Waals surface area contributed by atoms with Gasteiger partial charge in [-0.05, 0) is 67.6 Å². The van der Waals surface area contributed by atoms with Crippen molar-refractivity contribution in [3.05, 3.63) is 88.7 Å². The molecule has 0 radical (unpaired) electrons. The smallest absolute Gasteiger partial charge is 0.269 e. The predicted octanol–water partition coefficient (Wildman–Crippen LogP) is 3.83. The van der Waals surface area contributed by atoms with E-state index in [4.69, 9.17) is 4.74 Å². The van der Waals surface area contributed by atoms with E-state index in [0.717, 1.165) is 24.8 Å². The Balaban J connectivity index is 1.45. The first-order valence-corrected chi connectivity index (χ1v) is 10.4. The van der Waals surface area contributed by atoms with E-state index in [-0.39, 0.29) is 17.9 Å². The van der Waals surface area contributed by atoms with Crippen molar-refractivity contribution in [1.82, 2.24) is 15.6 Å².